The van der Waals surface area contributed by atoms with Gasteiger partial charge in [0.2, 0.25) is 0 Å². The van der Waals surface area contributed by atoms with Crippen molar-refractivity contribution < 1.29 is 9.53 Å². The van der Waals surface area contributed by atoms with E-state index in [1.54, 1.807) is 0 Å². The molecular weight excluding hydrogens is 348 g/mol. The zero-order valence-corrected chi connectivity index (χ0v) is 17.6. The minimum atomic E-state index is -0.273. The Morgan fingerprint density at radius 3 is 2.31 bits per heavy atom. The van der Waals surface area contributed by atoms with Crippen LogP contribution in [-0.2, 0) is 11.3 Å². The number of esters is 1. The van der Waals surface area contributed by atoms with Crippen LogP contribution in [0, 0.1) is 6.92 Å². The molecule has 0 aliphatic heterocycles. The molecule has 2 heterocycles. The molecule has 2 aromatic heterocycles. The maximum absolute atomic E-state index is 12.3. The standard InChI is InChI=1S/C19H30N4O2S/c1-7-10-23(11-8-2)17-15-13(4)16(19(24)25-9-3)26-18(15)21-14(20-17)12-22(5)6/h7-12H2,1-6H3. The van der Waals surface area contributed by atoms with Crippen molar-refractivity contribution in [1.29, 1.82) is 0 Å². The molecule has 6 nitrogen and oxygen atoms in total. The van der Waals surface area contributed by atoms with E-state index in [-0.39, 0.29) is 5.97 Å². The zero-order chi connectivity index (χ0) is 19.3. The van der Waals surface area contributed by atoms with Gasteiger partial charge in [-0.3, -0.25) is 0 Å². The van der Waals surface area contributed by atoms with Crippen LogP contribution in [0.15, 0.2) is 0 Å². The first-order valence-corrected chi connectivity index (χ1v) is 10.1. The largest absolute Gasteiger partial charge is 0.462 e. The van der Waals surface area contributed by atoms with E-state index in [9.17, 15) is 4.79 Å². The number of carbonyl (C=O) groups excluding carboxylic acids is 1. The summed E-state index contributed by atoms with van der Waals surface area (Å²) < 4.78 is 5.23. The van der Waals surface area contributed by atoms with E-state index < -0.39 is 0 Å². The lowest BCUT2D eigenvalue weighted by Gasteiger charge is -2.24. The van der Waals surface area contributed by atoms with Gasteiger partial charge in [0.05, 0.1) is 18.5 Å². The fourth-order valence-electron chi connectivity index (χ4n) is 3.00. The maximum atomic E-state index is 12.3. The van der Waals surface area contributed by atoms with Gasteiger partial charge in [-0.25, -0.2) is 14.8 Å². The molecule has 7 heteroatoms. The third-order valence-corrected chi connectivity index (χ3v) is 5.19. The second kappa shape index (κ2) is 9.28. The zero-order valence-electron chi connectivity index (χ0n) is 16.8. The molecule has 0 atom stereocenters. The number of fused-ring (bicyclic) bond motifs is 1. The van der Waals surface area contributed by atoms with Crippen molar-refractivity contribution >= 4 is 33.3 Å². The van der Waals surface area contributed by atoms with E-state index in [1.807, 2.05) is 27.9 Å². The number of rotatable bonds is 9. The highest BCUT2D eigenvalue weighted by Gasteiger charge is 2.23. The normalized spacial score (nSPS) is 11.3. The molecule has 2 aromatic rings. The van der Waals surface area contributed by atoms with Crippen LogP contribution in [0.1, 0.15) is 54.7 Å². The van der Waals surface area contributed by atoms with Gasteiger partial charge in [-0.2, -0.15) is 0 Å². The molecule has 0 fully saturated rings. The third-order valence-electron chi connectivity index (χ3n) is 4.02. The molecular formula is C19H30N4O2S. The van der Waals surface area contributed by atoms with Crippen LogP contribution in [-0.4, -0.2) is 54.6 Å². The number of thiophene rings is 1. The molecule has 0 saturated carbocycles. The topological polar surface area (TPSA) is 58.6 Å². The lowest BCUT2D eigenvalue weighted by atomic mass is 10.2. The van der Waals surface area contributed by atoms with Crippen LogP contribution < -0.4 is 4.90 Å². The van der Waals surface area contributed by atoms with Crippen LogP contribution in [0.3, 0.4) is 0 Å². The Kier molecular flexibility index (Phi) is 7.34. The van der Waals surface area contributed by atoms with Crippen LogP contribution in [0.4, 0.5) is 5.82 Å². The first kappa shape index (κ1) is 20.6. The highest BCUT2D eigenvalue weighted by Crippen LogP contribution is 2.36. The van der Waals surface area contributed by atoms with Gasteiger partial charge in [0, 0.05) is 13.1 Å². The van der Waals surface area contributed by atoms with Crippen LogP contribution >= 0.6 is 11.3 Å². The molecule has 26 heavy (non-hydrogen) atoms. The van der Waals surface area contributed by atoms with E-state index in [1.165, 1.54) is 11.3 Å². The summed E-state index contributed by atoms with van der Waals surface area (Å²) in [5.74, 6) is 1.46. The van der Waals surface area contributed by atoms with Crippen molar-refractivity contribution in [2.45, 2.75) is 47.1 Å². The van der Waals surface area contributed by atoms with Crippen molar-refractivity contribution in [3.8, 4) is 0 Å². The van der Waals surface area contributed by atoms with Crippen LogP contribution in [0.2, 0.25) is 0 Å². The van der Waals surface area contributed by atoms with Crippen molar-refractivity contribution in [2.24, 2.45) is 0 Å². The average molecular weight is 379 g/mol. The number of carbonyl (C=O) groups is 1. The predicted octanol–water partition coefficient (Wildman–Crippen LogP) is 3.86. The predicted molar refractivity (Wildman–Crippen MR) is 108 cm³/mol. The van der Waals surface area contributed by atoms with E-state index >= 15 is 0 Å². The minimum Gasteiger partial charge on any atom is -0.462 e. The summed E-state index contributed by atoms with van der Waals surface area (Å²) in [5.41, 5.74) is 0.923. The van der Waals surface area contributed by atoms with Gasteiger partial charge >= 0.3 is 5.97 Å². The monoisotopic (exact) mass is 378 g/mol. The molecule has 0 bridgehead atoms. The Morgan fingerprint density at radius 1 is 1.12 bits per heavy atom. The second-order valence-corrected chi connectivity index (χ2v) is 7.64. The Hall–Kier alpha value is -1.73. The molecule has 144 valence electrons. The number of nitrogens with zero attached hydrogens (tertiary/aromatic N) is 4. The number of aryl methyl sites for hydroxylation is 1. The molecule has 0 unspecified atom stereocenters. The molecule has 0 saturated heterocycles. The summed E-state index contributed by atoms with van der Waals surface area (Å²) in [5, 5.41) is 0.988. The Labute approximate surface area is 160 Å². The molecule has 0 amide bonds. The van der Waals surface area contributed by atoms with Crippen molar-refractivity contribution in [2.75, 3.05) is 38.7 Å². The van der Waals surface area contributed by atoms with E-state index in [0.717, 1.165) is 53.4 Å². The minimum absolute atomic E-state index is 0.273. The number of hydrogen-bond donors (Lipinski definition) is 0. The summed E-state index contributed by atoms with van der Waals surface area (Å²) in [6, 6.07) is 0. The summed E-state index contributed by atoms with van der Waals surface area (Å²) in [4.78, 5) is 27.8. The summed E-state index contributed by atoms with van der Waals surface area (Å²) >= 11 is 1.41. The van der Waals surface area contributed by atoms with Crippen LogP contribution in [0.25, 0.3) is 10.2 Å². The Bertz CT molecular complexity index is 752. The number of hydrogen-bond acceptors (Lipinski definition) is 7. The van der Waals surface area contributed by atoms with Gasteiger partial charge in [0.25, 0.3) is 0 Å². The summed E-state index contributed by atoms with van der Waals surface area (Å²) in [6.07, 6.45) is 2.09. The summed E-state index contributed by atoms with van der Waals surface area (Å²) in [7, 11) is 4.01. The van der Waals surface area contributed by atoms with E-state index in [4.69, 9.17) is 14.7 Å². The molecule has 0 N–H and O–H groups in total. The highest BCUT2D eigenvalue weighted by atomic mass is 32.1. The number of ether oxygens (including phenoxy) is 1. The quantitative estimate of drug-likeness (QED) is 0.618. The van der Waals surface area contributed by atoms with Gasteiger partial charge in [-0.1, -0.05) is 13.8 Å². The highest BCUT2D eigenvalue weighted by molar-refractivity contribution is 7.20. The van der Waals surface area contributed by atoms with Crippen LogP contribution in [0.5, 0.6) is 0 Å². The average Bonchev–Trinajstić information content (AvgIpc) is 2.90. The number of aromatic nitrogens is 2. The van der Waals surface area contributed by atoms with Crippen molar-refractivity contribution in [3.05, 3.63) is 16.3 Å². The first-order chi connectivity index (χ1) is 12.4. The van der Waals surface area contributed by atoms with E-state index in [0.29, 0.717) is 18.0 Å². The molecule has 0 aromatic carbocycles. The maximum Gasteiger partial charge on any atom is 0.348 e. The van der Waals surface area contributed by atoms with Gasteiger partial charge in [-0.15, -0.1) is 11.3 Å². The van der Waals surface area contributed by atoms with Gasteiger partial charge in [0.1, 0.15) is 21.3 Å². The van der Waals surface area contributed by atoms with Gasteiger partial charge < -0.3 is 14.5 Å². The lowest BCUT2D eigenvalue weighted by molar-refractivity contribution is 0.0531. The van der Waals surface area contributed by atoms with Gasteiger partial charge in [0.15, 0.2) is 0 Å². The molecule has 0 aliphatic rings. The molecule has 2 rings (SSSR count). The SMILES string of the molecule is CCCN(CCC)c1nc(CN(C)C)nc2sc(C(=O)OCC)c(C)c12. The van der Waals surface area contributed by atoms with Gasteiger partial charge in [-0.05, 0) is 46.3 Å². The lowest BCUT2D eigenvalue weighted by Crippen LogP contribution is -2.27. The smallest absolute Gasteiger partial charge is 0.348 e. The fraction of sp³-hybridized carbons (Fsp3) is 0.632. The fourth-order valence-corrected chi connectivity index (χ4v) is 4.09. The second-order valence-electron chi connectivity index (χ2n) is 6.65. The summed E-state index contributed by atoms with van der Waals surface area (Å²) in [6.45, 7) is 11.1. The Balaban J connectivity index is 2.66. The van der Waals surface area contributed by atoms with Crippen molar-refractivity contribution in [1.82, 2.24) is 14.9 Å². The third kappa shape index (κ3) is 4.51. The van der Waals surface area contributed by atoms with Crippen molar-refractivity contribution in [3.63, 3.8) is 0 Å². The first-order valence-electron chi connectivity index (χ1n) is 9.29. The molecule has 0 radical (unpaired) electrons. The molecule has 0 spiro atoms. The molecule has 0 aliphatic carbocycles. The number of anilines is 1. The van der Waals surface area contributed by atoms with E-state index in [2.05, 4.69) is 23.6 Å². The Morgan fingerprint density at radius 2 is 1.77 bits per heavy atom.